The van der Waals surface area contributed by atoms with Gasteiger partial charge in [-0.3, -0.25) is 0 Å². The maximum Gasteiger partial charge on any atom is 0.122 e. The van der Waals surface area contributed by atoms with Crippen molar-refractivity contribution in [2.24, 2.45) is 0 Å². The molecule has 0 heterocycles. The number of hydrogen-bond acceptors (Lipinski definition) is 2. The summed E-state index contributed by atoms with van der Waals surface area (Å²) in [4.78, 5) is 0. The van der Waals surface area contributed by atoms with Gasteiger partial charge in [0.2, 0.25) is 0 Å². The van der Waals surface area contributed by atoms with Gasteiger partial charge in [-0.15, -0.1) is 0 Å². The Morgan fingerprint density at radius 3 is 1.71 bits per heavy atom. The lowest BCUT2D eigenvalue weighted by molar-refractivity contribution is 0.460. The zero-order chi connectivity index (χ0) is 29.4. The third kappa shape index (κ3) is 5.52. The van der Waals surface area contributed by atoms with Crippen LogP contribution in [-0.2, 0) is 10.8 Å². The second-order valence-corrected chi connectivity index (χ2v) is 12.3. The van der Waals surface area contributed by atoms with E-state index in [0.29, 0.717) is 5.75 Å². The van der Waals surface area contributed by atoms with Crippen molar-refractivity contribution in [1.29, 1.82) is 0 Å². The number of hydrogen-bond donors (Lipinski definition) is 2. The second-order valence-electron chi connectivity index (χ2n) is 12.3. The summed E-state index contributed by atoms with van der Waals surface area (Å²) in [6.07, 6.45) is 0. The van der Waals surface area contributed by atoms with Gasteiger partial charge in [-0.2, -0.15) is 0 Å². The minimum absolute atomic E-state index is 0.0361. The van der Waals surface area contributed by atoms with Crippen LogP contribution in [0, 0.1) is 6.92 Å². The molecule has 0 fully saturated rings. The molecule has 0 bridgehead atoms. The van der Waals surface area contributed by atoms with Gasteiger partial charge in [0.1, 0.15) is 11.5 Å². The molecule has 5 aromatic carbocycles. The number of rotatable bonds is 7. The molecule has 5 aromatic rings. The van der Waals surface area contributed by atoms with Crippen molar-refractivity contribution >= 4 is 0 Å². The standard InChI is InChI=1S/C39H40O2/c1-26-23-34(25-36(37(26)41)27(2)28-15-17-30(18-16-28)29-11-8-7-9-12-29)39(5,6)33-14-10-13-32(24-33)38(3,4)31-19-21-35(40)22-20-31/h7-25,27,40-41H,1-6H3. The minimum Gasteiger partial charge on any atom is -0.508 e. The van der Waals surface area contributed by atoms with Gasteiger partial charge in [-0.25, -0.2) is 0 Å². The average Bonchev–Trinajstić information content (AvgIpc) is 2.99. The fourth-order valence-corrected chi connectivity index (χ4v) is 5.78. The summed E-state index contributed by atoms with van der Waals surface area (Å²) in [7, 11) is 0. The molecule has 1 unspecified atom stereocenters. The number of phenols is 2. The zero-order valence-corrected chi connectivity index (χ0v) is 24.9. The summed E-state index contributed by atoms with van der Waals surface area (Å²) in [5.74, 6) is 0.680. The van der Waals surface area contributed by atoms with E-state index in [9.17, 15) is 10.2 Å². The van der Waals surface area contributed by atoms with E-state index in [1.54, 1.807) is 12.1 Å². The van der Waals surface area contributed by atoms with Gasteiger partial charge < -0.3 is 10.2 Å². The van der Waals surface area contributed by atoms with Crippen molar-refractivity contribution in [2.75, 3.05) is 0 Å². The Hall–Kier alpha value is -4.30. The lowest BCUT2D eigenvalue weighted by atomic mass is 9.72. The maximum atomic E-state index is 11.2. The van der Waals surface area contributed by atoms with Crippen LogP contribution in [0.4, 0.5) is 0 Å². The molecule has 0 radical (unpaired) electrons. The van der Waals surface area contributed by atoms with Gasteiger partial charge in [-0.05, 0) is 63.6 Å². The number of phenolic OH excluding ortho intramolecular Hbond substituents is 2. The molecule has 208 valence electrons. The van der Waals surface area contributed by atoms with E-state index in [1.807, 2.05) is 25.1 Å². The summed E-state index contributed by atoms with van der Waals surface area (Å²) in [6, 6.07) is 39.7. The van der Waals surface area contributed by atoms with E-state index < -0.39 is 0 Å². The van der Waals surface area contributed by atoms with Crippen LogP contribution < -0.4 is 0 Å². The first-order valence-electron chi connectivity index (χ1n) is 14.4. The monoisotopic (exact) mass is 540 g/mol. The quantitative estimate of drug-likeness (QED) is 0.216. The summed E-state index contributed by atoms with van der Waals surface area (Å²) in [5.41, 5.74) is 9.65. The highest BCUT2D eigenvalue weighted by molar-refractivity contribution is 5.64. The Morgan fingerprint density at radius 2 is 1.10 bits per heavy atom. The maximum absolute atomic E-state index is 11.2. The van der Waals surface area contributed by atoms with E-state index >= 15 is 0 Å². The van der Waals surface area contributed by atoms with Gasteiger partial charge >= 0.3 is 0 Å². The first-order valence-corrected chi connectivity index (χ1v) is 14.4. The molecular formula is C39H40O2. The van der Waals surface area contributed by atoms with Crippen LogP contribution in [0.3, 0.4) is 0 Å². The molecule has 0 aliphatic rings. The van der Waals surface area contributed by atoms with Gasteiger partial charge in [0.05, 0.1) is 0 Å². The second kappa shape index (κ2) is 10.9. The van der Waals surface area contributed by atoms with Crippen molar-refractivity contribution < 1.29 is 10.2 Å². The van der Waals surface area contributed by atoms with E-state index in [-0.39, 0.29) is 22.5 Å². The van der Waals surface area contributed by atoms with Gasteiger partial charge in [-0.1, -0.05) is 138 Å². The van der Waals surface area contributed by atoms with E-state index in [0.717, 1.165) is 16.7 Å². The topological polar surface area (TPSA) is 40.5 Å². The molecule has 0 saturated heterocycles. The Bertz CT molecular complexity index is 1640. The number of aryl methyl sites for hydroxylation is 1. The third-order valence-electron chi connectivity index (χ3n) is 8.93. The van der Waals surface area contributed by atoms with Gasteiger partial charge in [0.15, 0.2) is 0 Å². The normalized spacial score (nSPS) is 12.7. The Kier molecular flexibility index (Phi) is 7.53. The van der Waals surface area contributed by atoms with Gasteiger partial charge in [0.25, 0.3) is 0 Å². The lowest BCUT2D eigenvalue weighted by Crippen LogP contribution is -2.23. The summed E-state index contributed by atoms with van der Waals surface area (Å²) >= 11 is 0. The fraction of sp³-hybridized carbons (Fsp3) is 0.231. The minimum atomic E-state index is -0.287. The lowest BCUT2D eigenvalue weighted by Gasteiger charge is -2.32. The zero-order valence-electron chi connectivity index (χ0n) is 24.9. The SMILES string of the molecule is Cc1cc(C(C)(C)c2cccc(C(C)(C)c3ccc(O)cc3)c2)cc(C(C)c2ccc(-c3ccccc3)cc2)c1O. The third-order valence-corrected chi connectivity index (χ3v) is 8.93. The first kappa shape index (κ1) is 28.2. The molecule has 0 spiro atoms. The van der Waals surface area contributed by atoms with Crippen LogP contribution in [0.2, 0.25) is 0 Å². The summed E-state index contributed by atoms with van der Waals surface area (Å²) in [5, 5.41) is 21.0. The van der Waals surface area contributed by atoms with E-state index in [4.69, 9.17) is 0 Å². The molecule has 41 heavy (non-hydrogen) atoms. The molecule has 2 heteroatoms. The van der Waals surface area contributed by atoms with Crippen LogP contribution in [0.1, 0.15) is 79.5 Å². The Labute approximate surface area is 245 Å². The highest BCUT2D eigenvalue weighted by Gasteiger charge is 2.29. The molecule has 2 N–H and O–H groups in total. The van der Waals surface area contributed by atoms with Gasteiger partial charge in [0, 0.05) is 22.3 Å². The first-order chi connectivity index (χ1) is 19.5. The smallest absolute Gasteiger partial charge is 0.122 e. The predicted octanol–water partition coefficient (Wildman–Crippen LogP) is 9.88. The molecule has 0 saturated carbocycles. The predicted molar refractivity (Wildman–Crippen MR) is 171 cm³/mol. The van der Waals surface area contributed by atoms with E-state index in [1.165, 1.54) is 33.4 Å². The molecule has 0 aromatic heterocycles. The van der Waals surface area contributed by atoms with Crippen molar-refractivity contribution in [1.82, 2.24) is 0 Å². The van der Waals surface area contributed by atoms with Crippen molar-refractivity contribution in [2.45, 2.75) is 58.3 Å². The van der Waals surface area contributed by atoms with Crippen LogP contribution in [-0.4, -0.2) is 10.2 Å². The van der Waals surface area contributed by atoms with E-state index in [2.05, 4.69) is 120 Å². The van der Waals surface area contributed by atoms with Crippen LogP contribution in [0.5, 0.6) is 11.5 Å². The molecule has 0 aliphatic carbocycles. The summed E-state index contributed by atoms with van der Waals surface area (Å²) < 4.78 is 0. The van der Waals surface area contributed by atoms with Crippen molar-refractivity contribution in [3.05, 3.63) is 154 Å². The Balaban J connectivity index is 1.49. The average molecular weight is 541 g/mol. The largest absolute Gasteiger partial charge is 0.508 e. The van der Waals surface area contributed by atoms with Crippen molar-refractivity contribution in [3.8, 4) is 22.6 Å². The molecule has 0 amide bonds. The highest BCUT2D eigenvalue weighted by atomic mass is 16.3. The van der Waals surface area contributed by atoms with Crippen LogP contribution >= 0.6 is 0 Å². The summed E-state index contributed by atoms with van der Waals surface area (Å²) in [6.45, 7) is 13.1. The molecule has 5 rings (SSSR count). The van der Waals surface area contributed by atoms with Crippen LogP contribution in [0.25, 0.3) is 11.1 Å². The fourth-order valence-electron chi connectivity index (χ4n) is 5.78. The molecule has 1 atom stereocenters. The number of aromatic hydroxyl groups is 2. The highest BCUT2D eigenvalue weighted by Crippen LogP contribution is 2.41. The molecule has 0 aliphatic heterocycles. The molecular weight excluding hydrogens is 500 g/mol. The van der Waals surface area contributed by atoms with Crippen molar-refractivity contribution in [3.63, 3.8) is 0 Å². The van der Waals surface area contributed by atoms with Crippen LogP contribution in [0.15, 0.2) is 115 Å². The molecule has 2 nitrogen and oxygen atoms in total. The number of benzene rings is 5. The Morgan fingerprint density at radius 1 is 0.537 bits per heavy atom.